The van der Waals surface area contributed by atoms with Gasteiger partial charge in [-0.1, -0.05) is 6.92 Å². The number of hydrogen-bond donors (Lipinski definition) is 3. The molecule has 1 amide bonds. The SMILES string of the molecule is CC(CO)CNCC1CCC(=O)N1. The first-order chi connectivity index (χ1) is 6.22. The molecule has 0 aliphatic carbocycles. The van der Waals surface area contributed by atoms with Crippen LogP contribution in [0.4, 0.5) is 0 Å². The monoisotopic (exact) mass is 186 g/mol. The van der Waals surface area contributed by atoms with Gasteiger partial charge in [0.15, 0.2) is 0 Å². The summed E-state index contributed by atoms with van der Waals surface area (Å²) in [6.07, 6.45) is 1.58. The molecule has 0 saturated carbocycles. The first-order valence-corrected chi connectivity index (χ1v) is 4.83. The van der Waals surface area contributed by atoms with Crippen LogP contribution >= 0.6 is 0 Å². The number of rotatable bonds is 5. The van der Waals surface area contributed by atoms with Gasteiger partial charge in [0.05, 0.1) is 0 Å². The van der Waals surface area contributed by atoms with E-state index in [1.807, 2.05) is 6.92 Å². The minimum absolute atomic E-state index is 0.155. The number of carbonyl (C=O) groups is 1. The second kappa shape index (κ2) is 5.19. The van der Waals surface area contributed by atoms with Crippen LogP contribution < -0.4 is 10.6 Å². The third kappa shape index (κ3) is 3.74. The van der Waals surface area contributed by atoms with Crippen molar-refractivity contribution in [3.05, 3.63) is 0 Å². The zero-order chi connectivity index (χ0) is 9.68. The zero-order valence-corrected chi connectivity index (χ0v) is 8.05. The van der Waals surface area contributed by atoms with Crippen molar-refractivity contribution in [1.82, 2.24) is 10.6 Å². The average Bonchev–Trinajstić information content (AvgIpc) is 2.51. The van der Waals surface area contributed by atoms with Gasteiger partial charge in [-0.05, 0) is 18.9 Å². The van der Waals surface area contributed by atoms with Crippen LogP contribution in [0, 0.1) is 5.92 Å². The molecule has 0 bridgehead atoms. The molecule has 1 heterocycles. The van der Waals surface area contributed by atoms with Crippen LogP contribution in [0.5, 0.6) is 0 Å². The summed E-state index contributed by atoms with van der Waals surface area (Å²) in [7, 11) is 0. The minimum atomic E-state index is 0.155. The molecule has 1 aliphatic rings. The normalized spacial score (nSPS) is 24.5. The third-order valence-corrected chi connectivity index (χ3v) is 2.28. The lowest BCUT2D eigenvalue weighted by molar-refractivity contribution is -0.119. The maximum atomic E-state index is 10.8. The molecule has 0 aromatic heterocycles. The number of hydrogen-bond acceptors (Lipinski definition) is 3. The predicted molar refractivity (Wildman–Crippen MR) is 50.3 cm³/mol. The van der Waals surface area contributed by atoms with Crippen molar-refractivity contribution in [2.75, 3.05) is 19.7 Å². The highest BCUT2D eigenvalue weighted by Crippen LogP contribution is 2.04. The van der Waals surface area contributed by atoms with Gasteiger partial charge in [0.2, 0.25) is 5.91 Å². The standard InChI is InChI=1S/C9H18N2O2/c1-7(6-12)4-10-5-8-2-3-9(13)11-8/h7-8,10,12H,2-6H2,1H3,(H,11,13). The van der Waals surface area contributed by atoms with Crippen molar-refractivity contribution in [3.8, 4) is 0 Å². The topological polar surface area (TPSA) is 61.4 Å². The van der Waals surface area contributed by atoms with Crippen LogP contribution in [-0.4, -0.2) is 36.8 Å². The molecular formula is C9H18N2O2. The van der Waals surface area contributed by atoms with Crippen LogP contribution in [0.15, 0.2) is 0 Å². The molecule has 2 unspecified atom stereocenters. The Balaban J connectivity index is 2.03. The lowest BCUT2D eigenvalue weighted by Crippen LogP contribution is -2.37. The molecule has 4 heteroatoms. The van der Waals surface area contributed by atoms with Crippen molar-refractivity contribution >= 4 is 5.91 Å². The molecule has 2 atom stereocenters. The fraction of sp³-hybridized carbons (Fsp3) is 0.889. The average molecular weight is 186 g/mol. The summed E-state index contributed by atoms with van der Waals surface area (Å²) in [5.41, 5.74) is 0. The Kier molecular flexibility index (Phi) is 4.18. The van der Waals surface area contributed by atoms with E-state index in [0.29, 0.717) is 12.5 Å². The summed E-state index contributed by atoms with van der Waals surface area (Å²) in [4.78, 5) is 10.8. The summed E-state index contributed by atoms with van der Waals surface area (Å²) in [5, 5.41) is 14.9. The van der Waals surface area contributed by atoms with Gasteiger partial charge in [0.25, 0.3) is 0 Å². The Morgan fingerprint density at radius 2 is 2.54 bits per heavy atom. The molecule has 1 saturated heterocycles. The van der Waals surface area contributed by atoms with Crippen LogP contribution in [-0.2, 0) is 4.79 Å². The fourth-order valence-corrected chi connectivity index (χ4v) is 1.40. The molecular weight excluding hydrogens is 168 g/mol. The van der Waals surface area contributed by atoms with Gasteiger partial charge >= 0.3 is 0 Å². The van der Waals surface area contributed by atoms with Gasteiger partial charge in [-0.15, -0.1) is 0 Å². The Morgan fingerprint density at radius 1 is 1.77 bits per heavy atom. The number of amides is 1. The van der Waals surface area contributed by atoms with Crippen molar-refractivity contribution < 1.29 is 9.90 Å². The van der Waals surface area contributed by atoms with Crippen molar-refractivity contribution in [3.63, 3.8) is 0 Å². The van der Waals surface area contributed by atoms with Crippen molar-refractivity contribution in [2.45, 2.75) is 25.8 Å². The summed E-state index contributed by atoms with van der Waals surface area (Å²) < 4.78 is 0. The van der Waals surface area contributed by atoms with E-state index >= 15 is 0 Å². The first-order valence-electron chi connectivity index (χ1n) is 4.83. The van der Waals surface area contributed by atoms with E-state index in [2.05, 4.69) is 10.6 Å². The molecule has 13 heavy (non-hydrogen) atoms. The molecule has 76 valence electrons. The van der Waals surface area contributed by atoms with Gasteiger partial charge in [0, 0.05) is 25.6 Å². The Labute approximate surface area is 78.7 Å². The van der Waals surface area contributed by atoms with E-state index in [9.17, 15) is 4.79 Å². The number of nitrogens with one attached hydrogen (secondary N) is 2. The van der Waals surface area contributed by atoms with Gasteiger partial charge in [-0.25, -0.2) is 0 Å². The molecule has 1 fully saturated rings. The predicted octanol–water partition coefficient (Wildman–Crippen LogP) is -0.517. The van der Waals surface area contributed by atoms with Crippen LogP contribution in [0.1, 0.15) is 19.8 Å². The van der Waals surface area contributed by atoms with E-state index in [1.54, 1.807) is 0 Å². The van der Waals surface area contributed by atoms with Crippen molar-refractivity contribution in [2.24, 2.45) is 5.92 Å². The van der Waals surface area contributed by atoms with Crippen LogP contribution in [0.25, 0.3) is 0 Å². The van der Waals surface area contributed by atoms with E-state index in [0.717, 1.165) is 19.5 Å². The van der Waals surface area contributed by atoms with Crippen LogP contribution in [0.2, 0.25) is 0 Å². The smallest absolute Gasteiger partial charge is 0.220 e. The lowest BCUT2D eigenvalue weighted by atomic mass is 10.2. The molecule has 0 spiro atoms. The molecule has 4 nitrogen and oxygen atoms in total. The summed E-state index contributed by atoms with van der Waals surface area (Å²) in [5.74, 6) is 0.444. The maximum Gasteiger partial charge on any atom is 0.220 e. The van der Waals surface area contributed by atoms with Gasteiger partial charge in [-0.3, -0.25) is 4.79 Å². The molecule has 1 rings (SSSR count). The summed E-state index contributed by atoms with van der Waals surface area (Å²) >= 11 is 0. The minimum Gasteiger partial charge on any atom is -0.396 e. The van der Waals surface area contributed by atoms with Crippen LogP contribution in [0.3, 0.4) is 0 Å². The lowest BCUT2D eigenvalue weighted by Gasteiger charge is -2.13. The van der Waals surface area contributed by atoms with Gasteiger partial charge < -0.3 is 15.7 Å². The van der Waals surface area contributed by atoms with E-state index in [1.165, 1.54) is 0 Å². The van der Waals surface area contributed by atoms with Gasteiger partial charge in [0.1, 0.15) is 0 Å². The largest absolute Gasteiger partial charge is 0.396 e. The highest BCUT2D eigenvalue weighted by Gasteiger charge is 2.19. The quantitative estimate of drug-likeness (QED) is 0.541. The Hall–Kier alpha value is -0.610. The Morgan fingerprint density at radius 3 is 3.08 bits per heavy atom. The number of carbonyl (C=O) groups excluding carboxylic acids is 1. The maximum absolute atomic E-state index is 10.8. The second-order valence-corrected chi connectivity index (χ2v) is 3.75. The third-order valence-electron chi connectivity index (χ3n) is 2.28. The molecule has 3 N–H and O–H groups in total. The number of aliphatic hydroxyl groups is 1. The second-order valence-electron chi connectivity index (χ2n) is 3.75. The van der Waals surface area contributed by atoms with E-state index in [-0.39, 0.29) is 18.4 Å². The molecule has 0 aromatic carbocycles. The summed E-state index contributed by atoms with van der Waals surface area (Å²) in [6, 6.07) is 0.290. The van der Waals surface area contributed by atoms with E-state index in [4.69, 9.17) is 5.11 Å². The number of aliphatic hydroxyl groups excluding tert-OH is 1. The highest BCUT2D eigenvalue weighted by atomic mass is 16.3. The highest BCUT2D eigenvalue weighted by molar-refractivity contribution is 5.78. The Bertz CT molecular complexity index is 173. The first kappa shape index (κ1) is 10.5. The van der Waals surface area contributed by atoms with Gasteiger partial charge in [-0.2, -0.15) is 0 Å². The zero-order valence-electron chi connectivity index (χ0n) is 8.05. The van der Waals surface area contributed by atoms with Crippen molar-refractivity contribution in [1.29, 1.82) is 0 Å². The molecule has 1 aliphatic heterocycles. The summed E-state index contributed by atoms with van der Waals surface area (Å²) in [6.45, 7) is 3.82. The molecule has 0 aromatic rings. The fourth-order valence-electron chi connectivity index (χ4n) is 1.40. The van der Waals surface area contributed by atoms with E-state index < -0.39 is 0 Å². The molecule has 0 radical (unpaired) electrons.